The summed E-state index contributed by atoms with van der Waals surface area (Å²) in [5.41, 5.74) is 2.14. The molecule has 4 N–H and O–H groups in total. The summed E-state index contributed by atoms with van der Waals surface area (Å²) >= 11 is 1.40. The SMILES string of the molecule is COc1ccc2ncc(F)c(CNC[C@@H](O)[C@H](O)[C@@H]3CN(c4ccc5c(c4)NC(=O)CS5)C(=O)O3)c2n1. The average molecular weight is 530 g/mol. The van der Waals surface area contributed by atoms with Gasteiger partial charge >= 0.3 is 6.09 Å². The lowest BCUT2D eigenvalue weighted by atomic mass is 10.1. The molecule has 194 valence electrons. The van der Waals surface area contributed by atoms with Crippen molar-refractivity contribution in [1.82, 2.24) is 15.3 Å². The first-order valence-electron chi connectivity index (χ1n) is 11.4. The Morgan fingerprint density at radius 3 is 2.97 bits per heavy atom. The van der Waals surface area contributed by atoms with Crippen LogP contribution in [0.2, 0.25) is 0 Å². The molecule has 0 aliphatic carbocycles. The molecular weight excluding hydrogens is 505 g/mol. The Bertz CT molecular complexity index is 1360. The summed E-state index contributed by atoms with van der Waals surface area (Å²) < 4.78 is 24.9. The smallest absolute Gasteiger partial charge is 0.414 e. The molecule has 0 saturated carbocycles. The van der Waals surface area contributed by atoms with E-state index in [4.69, 9.17) is 9.47 Å². The standard InChI is InChI=1S/C24H24FN5O6S/c1-35-21-5-3-15-22(29-21)13(14(25)8-27-15)7-26-9-17(31)23(33)18-10-30(24(34)36-18)12-2-4-19-16(6-12)28-20(32)11-37-19/h2-6,8,17-18,23,26,31,33H,7,9-11H2,1H3,(H,28,32)/t17-,18+,23+/m1/s1. The van der Waals surface area contributed by atoms with Crippen LogP contribution in [0.25, 0.3) is 11.0 Å². The summed E-state index contributed by atoms with van der Waals surface area (Å²) in [6.45, 7) is -0.0982. The number of aromatic nitrogens is 2. The highest BCUT2D eigenvalue weighted by Crippen LogP contribution is 2.35. The van der Waals surface area contributed by atoms with E-state index in [9.17, 15) is 24.2 Å². The van der Waals surface area contributed by atoms with Crippen LogP contribution >= 0.6 is 11.8 Å². The molecule has 2 aliphatic rings. The van der Waals surface area contributed by atoms with E-state index in [1.54, 1.807) is 30.3 Å². The van der Waals surface area contributed by atoms with E-state index in [1.807, 2.05) is 0 Å². The highest BCUT2D eigenvalue weighted by atomic mass is 32.2. The molecule has 1 saturated heterocycles. The maximum atomic E-state index is 14.5. The summed E-state index contributed by atoms with van der Waals surface area (Å²) in [4.78, 5) is 34.7. The maximum absolute atomic E-state index is 14.5. The number of anilines is 2. The lowest BCUT2D eigenvalue weighted by Gasteiger charge is -2.23. The van der Waals surface area contributed by atoms with E-state index in [2.05, 4.69) is 20.6 Å². The molecule has 3 atom stereocenters. The van der Waals surface area contributed by atoms with Crippen LogP contribution in [0, 0.1) is 5.82 Å². The Hall–Kier alpha value is -3.52. The average Bonchev–Trinajstić information content (AvgIpc) is 3.29. The van der Waals surface area contributed by atoms with Crippen LogP contribution in [0.4, 0.5) is 20.6 Å². The molecule has 0 bridgehead atoms. The van der Waals surface area contributed by atoms with Gasteiger partial charge in [0.15, 0.2) is 6.10 Å². The monoisotopic (exact) mass is 529 g/mol. The molecule has 11 nitrogen and oxygen atoms in total. The van der Waals surface area contributed by atoms with Crippen LogP contribution in [0.15, 0.2) is 41.4 Å². The van der Waals surface area contributed by atoms with Crippen molar-refractivity contribution in [2.45, 2.75) is 29.8 Å². The van der Waals surface area contributed by atoms with Crippen LogP contribution in [0.1, 0.15) is 5.56 Å². The third-order valence-electron chi connectivity index (χ3n) is 6.12. The van der Waals surface area contributed by atoms with Crippen LogP contribution in [-0.4, -0.2) is 76.4 Å². The Labute approximate surface area is 215 Å². The quantitative estimate of drug-likeness (QED) is 0.340. The van der Waals surface area contributed by atoms with Crippen molar-refractivity contribution in [2.75, 3.05) is 36.2 Å². The number of pyridine rings is 2. The minimum absolute atomic E-state index is 0.00420. The van der Waals surface area contributed by atoms with Crippen molar-refractivity contribution in [3.8, 4) is 5.88 Å². The molecule has 0 spiro atoms. The van der Waals surface area contributed by atoms with Gasteiger partial charge in [0.25, 0.3) is 0 Å². The van der Waals surface area contributed by atoms with E-state index < -0.39 is 30.2 Å². The summed E-state index contributed by atoms with van der Waals surface area (Å²) in [7, 11) is 1.45. The van der Waals surface area contributed by atoms with Gasteiger partial charge in [-0.15, -0.1) is 11.8 Å². The summed E-state index contributed by atoms with van der Waals surface area (Å²) in [6.07, 6.45) is -3.28. The van der Waals surface area contributed by atoms with Gasteiger partial charge in [-0.3, -0.25) is 14.7 Å². The number of hydrogen-bond acceptors (Lipinski definition) is 10. The van der Waals surface area contributed by atoms with Crippen LogP contribution in [-0.2, 0) is 16.1 Å². The first kappa shape index (κ1) is 25.1. The Morgan fingerprint density at radius 1 is 1.32 bits per heavy atom. The number of methoxy groups -OCH3 is 1. The lowest BCUT2D eigenvalue weighted by molar-refractivity contribution is -0.113. The maximum Gasteiger partial charge on any atom is 0.414 e. The number of ether oxygens (including phenoxy) is 2. The van der Waals surface area contributed by atoms with Crippen LogP contribution in [0.3, 0.4) is 0 Å². The van der Waals surface area contributed by atoms with Crippen molar-refractivity contribution < 1.29 is 33.7 Å². The zero-order valence-electron chi connectivity index (χ0n) is 19.7. The van der Waals surface area contributed by atoms with Crippen molar-refractivity contribution in [1.29, 1.82) is 0 Å². The predicted octanol–water partition coefficient (Wildman–Crippen LogP) is 1.66. The van der Waals surface area contributed by atoms with Gasteiger partial charge in [-0.1, -0.05) is 0 Å². The molecule has 4 heterocycles. The van der Waals surface area contributed by atoms with E-state index in [-0.39, 0.29) is 31.1 Å². The van der Waals surface area contributed by atoms with E-state index in [1.165, 1.54) is 23.8 Å². The minimum Gasteiger partial charge on any atom is -0.481 e. The molecule has 13 heteroatoms. The molecule has 2 aliphatic heterocycles. The molecular formula is C24H24FN5O6S. The molecule has 1 fully saturated rings. The van der Waals surface area contributed by atoms with Gasteiger partial charge in [-0.05, 0) is 24.3 Å². The van der Waals surface area contributed by atoms with E-state index in [0.29, 0.717) is 34.0 Å². The zero-order valence-corrected chi connectivity index (χ0v) is 20.5. The number of rotatable bonds is 8. The molecule has 2 amide bonds. The number of halogens is 1. The molecule has 1 aromatic carbocycles. The lowest BCUT2D eigenvalue weighted by Crippen LogP contribution is -2.44. The van der Waals surface area contributed by atoms with Crippen molar-refractivity contribution in [3.05, 3.63) is 47.9 Å². The highest BCUT2D eigenvalue weighted by molar-refractivity contribution is 8.00. The minimum atomic E-state index is -1.40. The fourth-order valence-corrected chi connectivity index (χ4v) is 4.97. The van der Waals surface area contributed by atoms with Gasteiger partial charge in [0.2, 0.25) is 11.8 Å². The van der Waals surface area contributed by atoms with Crippen molar-refractivity contribution in [2.24, 2.45) is 0 Å². The number of aliphatic hydroxyl groups excluding tert-OH is 2. The van der Waals surface area contributed by atoms with Gasteiger partial charge in [0.1, 0.15) is 17.4 Å². The van der Waals surface area contributed by atoms with Gasteiger partial charge in [0, 0.05) is 35.3 Å². The predicted molar refractivity (Wildman–Crippen MR) is 133 cm³/mol. The first-order chi connectivity index (χ1) is 17.8. The molecule has 5 rings (SSSR count). The largest absolute Gasteiger partial charge is 0.481 e. The first-order valence-corrected chi connectivity index (χ1v) is 12.4. The fraction of sp³-hybridized carbons (Fsp3) is 0.333. The number of hydrogen-bond donors (Lipinski definition) is 4. The summed E-state index contributed by atoms with van der Waals surface area (Å²) in [5, 5.41) is 26.9. The topological polar surface area (TPSA) is 146 Å². The Morgan fingerprint density at radius 2 is 2.16 bits per heavy atom. The van der Waals surface area contributed by atoms with Gasteiger partial charge in [0.05, 0.1) is 42.9 Å². The molecule has 0 unspecified atom stereocenters. The number of cyclic esters (lactones) is 1. The molecule has 37 heavy (non-hydrogen) atoms. The van der Waals surface area contributed by atoms with Crippen LogP contribution < -0.4 is 20.3 Å². The van der Waals surface area contributed by atoms with Crippen molar-refractivity contribution in [3.63, 3.8) is 0 Å². The number of fused-ring (bicyclic) bond motifs is 2. The molecule has 2 aromatic heterocycles. The van der Waals surface area contributed by atoms with Gasteiger partial charge in [-0.2, -0.15) is 0 Å². The third kappa shape index (κ3) is 5.16. The van der Waals surface area contributed by atoms with Gasteiger partial charge < -0.3 is 30.3 Å². The van der Waals surface area contributed by atoms with Gasteiger partial charge in [-0.25, -0.2) is 14.2 Å². The number of aliphatic hydroxyl groups is 2. The molecule has 0 radical (unpaired) electrons. The summed E-state index contributed by atoms with van der Waals surface area (Å²) in [5.74, 6) is -0.0651. The van der Waals surface area contributed by atoms with E-state index >= 15 is 0 Å². The number of carbonyl (C=O) groups is 2. The normalized spacial score (nSPS) is 18.8. The Kier molecular flexibility index (Phi) is 7.11. The number of nitrogens with one attached hydrogen (secondary N) is 2. The highest BCUT2D eigenvalue weighted by Gasteiger charge is 2.39. The second kappa shape index (κ2) is 10.5. The van der Waals surface area contributed by atoms with E-state index in [0.717, 1.165) is 11.1 Å². The number of carbonyl (C=O) groups excluding carboxylic acids is 2. The Balaban J connectivity index is 1.21. The fourth-order valence-electron chi connectivity index (χ4n) is 4.19. The zero-order chi connectivity index (χ0) is 26.1. The summed E-state index contributed by atoms with van der Waals surface area (Å²) in [6, 6.07) is 8.49. The van der Waals surface area contributed by atoms with Crippen molar-refractivity contribution >= 4 is 46.2 Å². The number of thioether (sulfide) groups is 1. The van der Waals surface area contributed by atoms with Crippen LogP contribution in [0.5, 0.6) is 5.88 Å². The second-order valence-electron chi connectivity index (χ2n) is 8.55. The second-order valence-corrected chi connectivity index (χ2v) is 9.56. The molecule has 3 aromatic rings. The number of benzene rings is 1. The number of nitrogens with zero attached hydrogens (tertiary/aromatic N) is 3. The third-order valence-corrected chi connectivity index (χ3v) is 7.20. The number of amides is 2.